The van der Waals surface area contributed by atoms with Crippen LogP contribution in [-0.2, 0) is 6.42 Å². The number of hydrogen-bond donors (Lipinski definition) is 1. The number of benzene rings is 1. The van der Waals surface area contributed by atoms with Gasteiger partial charge >= 0.3 is 0 Å². The van der Waals surface area contributed by atoms with Crippen LogP contribution in [0.4, 0.5) is 0 Å². The van der Waals surface area contributed by atoms with Gasteiger partial charge in [0.15, 0.2) is 0 Å². The second-order valence-electron chi connectivity index (χ2n) is 4.17. The Morgan fingerprint density at radius 2 is 1.69 bits per heavy atom. The average Bonchev–Trinajstić information content (AvgIpc) is 2.30. The number of rotatable bonds is 7. The first-order valence-corrected chi connectivity index (χ1v) is 6.26. The van der Waals surface area contributed by atoms with Crippen LogP contribution in [-0.4, -0.2) is 5.11 Å². The summed E-state index contributed by atoms with van der Waals surface area (Å²) in [4.78, 5) is 0. The summed E-state index contributed by atoms with van der Waals surface area (Å²) in [6, 6.07) is 7.47. The molecule has 1 heteroatoms. The molecule has 0 atom stereocenters. The van der Waals surface area contributed by atoms with Crippen molar-refractivity contribution in [3.8, 4) is 5.75 Å². The van der Waals surface area contributed by atoms with E-state index in [1.165, 1.54) is 31.2 Å². The molecule has 0 fully saturated rings. The highest BCUT2D eigenvalue weighted by Crippen LogP contribution is 2.11. The zero-order valence-electron chi connectivity index (χ0n) is 10.2. The maximum atomic E-state index is 9.13. The van der Waals surface area contributed by atoms with E-state index in [0.29, 0.717) is 5.75 Å². The summed E-state index contributed by atoms with van der Waals surface area (Å²) < 4.78 is 0. The molecule has 0 aliphatic rings. The van der Waals surface area contributed by atoms with Gasteiger partial charge in [-0.15, -0.1) is 0 Å². The third-order valence-electron chi connectivity index (χ3n) is 2.68. The minimum Gasteiger partial charge on any atom is -0.508 e. The summed E-state index contributed by atoms with van der Waals surface area (Å²) in [5, 5.41) is 9.13. The first kappa shape index (κ1) is 12.8. The second-order valence-corrected chi connectivity index (χ2v) is 4.17. The number of hydrogen-bond acceptors (Lipinski definition) is 1. The molecule has 0 aromatic heterocycles. The van der Waals surface area contributed by atoms with Crippen molar-refractivity contribution in [3.63, 3.8) is 0 Å². The van der Waals surface area contributed by atoms with Gasteiger partial charge in [-0.1, -0.05) is 44.1 Å². The number of unbranched alkanes of at least 4 members (excludes halogenated alkanes) is 3. The van der Waals surface area contributed by atoms with Crippen LogP contribution in [0.3, 0.4) is 0 Å². The van der Waals surface area contributed by atoms with Crippen LogP contribution < -0.4 is 0 Å². The maximum Gasteiger partial charge on any atom is 0.115 e. The van der Waals surface area contributed by atoms with E-state index >= 15 is 0 Å². The van der Waals surface area contributed by atoms with Crippen molar-refractivity contribution in [2.24, 2.45) is 0 Å². The molecule has 0 heterocycles. The molecule has 1 N–H and O–H groups in total. The molecule has 88 valence electrons. The Bertz CT molecular complexity index is 298. The molecule has 0 saturated heterocycles. The van der Waals surface area contributed by atoms with E-state index in [1.807, 2.05) is 12.1 Å². The molecular weight excluding hydrogens is 196 g/mol. The fourth-order valence-corrected chi connectivity index (χ4v) is 1.66. The van der Waals surface area contributed by atoms with Crippen LogP contribution in [0, 0.1) is 0 Å². The van der Waals surface area contributed by atoms with Gasteiger partial charge in [0.25, 0.3) is 0 Å². The quantitative estimate of drug-likeness (QED) is 0.529. The van der Waals surface area contributed by atoms with Crippen molar-refractivity contribution in [2.45, 2.75) is 45.4 Å². The standard InChI is InChI=1S/C15H22O/c1-2-3-4-5-6-7-8-9-14-10-12-15(16)13-11-14/h6-7,10-13,16H,2-5,8-9H2,1H3. The number of aryl methyl sites for hydroxylation is 1. The van der Waals surface area contributed by atoms with Crippen molar-refractivity contribution >= 4 is 0 Å². The third-order valence-corrected chi connectivity index (χ3v) is 2.68. The number of allylic oxidation sites excluding steroid dienone is 2. The van der Waals surface area contributed by atoms with Gasteiger partial charge in [-0.3, -0.25) is 0 Å². The normalized spacial score (nSPS) is 11.1. The highest BCUT2D eigenvalue weighted by molar-refractivity contribution is 5.26. The first-order valence-electron chi connectivity index (χ1n) is 6.26. The molecular formula is C15H22O. The Morgan fingerprint density at radius 1 is 1.00 bits per heavy atom. The van der Waals surface area contributed by atoms with Gasteiger partial charge in [-0.2, -0.15) is 0 Å². The Balaban J connectivity index is 2.13. The van der Waals surface area contributed by atoms with Crippen LogP contribution in [0.2, 0.25) is 0 Å². The predicted molar refractivity (Wildman–Crippen MR) is 69.7 cm³/mol. The van der Waals surface area contributed by atoms with E-state index in [0.717, 1.165) is 12.8 Å². The zero-order chi connectivity index (χ0) is 11.6. The van der Waals surface area contributed by atoms with E-state index in [4.69, 9.17) is 5.11 Å². The summed E-state index contributed by atoms with van der Waals surface area (Å²) >= 11 is 0. The van der Waals surface area contributed by atoms with Crippen LogP contribution in [0.25, 0.3) is 0 Å². The first-order chi connectivity index (χ1) is 7.83. The average molecular weight is 218 g/mol. The van der Waals surface area contributed by atoms with Crippen molar-refractivity contribution in [1.29, 1.82) is 0 Å². The van der Waals surface area contributed by atoms with E-state index < -0.39 is 0 Å². The molecule has 0 saturated carbocycles. The third kappa shape index (κ3) is 5.59. The van der Waals surface area contributed by atoms with Crippen LogP contribution in [0.5, 0.6) is 5.75 Å². The second kappa shape index (κ2) is 7.98. The number of phenols is 1. The molecule has 0 spiro atoms. The van der Waals surface area contributed by atoms with E-state index in [9.17, 15) is 0 Å². The molecule has 1 rings (SSSR count). The van der Waals surface area contributed by atoms with Gasteiger partial charge in [-0.05, 0) is 43.4 Å². The lowest BCUT2D eigenvalue weighted by Crippen LogP contribution is -1.81. The Labute approximate surface area is 98.8 Å². The fourth-order valence-electron chi connectivity index (χ4n) is 1.66. The van der Waals surface area contributed by atoms with Gasteiger partial charge in [-0.25, -0.2) is 0 Å². The van der Waals surface area contributed by atoms with Crippen molar-refractivity contribution < 1.29 is 5.11 Å². The molecule has 0 unspecified atom stereocenters. The topological polar surface area (TPSA) is 20.2 Å². The molecule has 1 aromatic carbocycles. The Hall–Kier alpha value is -1.24. The summed E-state index contributed by atoms with van der Waals surface area (Å²) in [5.41, 5.74) is 1.29. The van der Waals surface area contributed by atoms with Crippen molar-refractivity contribution in [1.82, 2.24) is 0 Å². The Morgan fingerprint density at radius 3 is 2.38 bits per heavy atom. The molecule has 0 aliphatic heterocycles. The van der Waals surface area contributed by atoms with Gasteiger partial charge in [0.1, 0.15) is 5.75 Å². The largest absolute Gasteiger partial charge is 0.508 e. The van der Waals surface area contributed by atoms with E-state index in [2.05, 4.69) is 19.1 Å². The summed E-state index contributed by atoms with van der Waals surface area (Å²) in [6.45, 7) is 2.23. The van der Waals surface area contributed by atoms with E-state index in [1.54, 1.807) is 12.1 Å². The van der Waals surface area contributed by atoms with E-state index in [-0.39, 0.29) is 0 Å². The molecule has 0 bridgehead atoms. The van der Waals surface area contributed by atoms with Crippen LogP contribution in [0.1, 0.15) is 44.6 Å². The van der Waals surface area contributed by atoms with Gasteiger partial charge < -0.3 is 5.11 Å². The van der Waals surface area contributed by atoms with Crippen molar-refractivity contribution in [3.05, 3.63) is 42.0 Å². The van der Waals surface area contributed by atoms with Crippen molar-refractivity contribution in [2.75, 3.05) is 0 Å². The van der Waals surface area contributed by atoms with Crippen LogP contribution in [0.15, 0.2) is 36.4 Å². The van der Waals surface area contributed by atoms with Gasteiger partial charge in [0, 0.05) is 0 Å². The lowest BCUT2D eigenvalue weighted by Gasteiger charge is -1.98. The predicted octanol–water partition coefficient (Wildman–Crippen LogP) is 4.46. The Kier molecular flexibility index (Phi) is 6.39. The monoisotopic (exact) mass is 218 g/mol. The minimum atomic E-state index is 0.346. The highest BCUT2D eigenvalue weighted by atomic mass is 16.3. The highest BCUT2D eigenvalue weighted by Gasteiger charge is 1.91. The minimum absolute atomic E-state index is 0.346. The van der Waals surface area contributed by atoms with Gasteiger partial charge in [0.05, 0.1) is 0 Å². The number of phenolic OH excluding ortho intramolecular Hbond substituents is 1. The number of aromatic hydroxyl groups is 1. The zero-order valence-corrected chi connectivity index (χ0v) is 10.2. The van der Waals surface area contributed by atoms with Gasteiger partial charge in [0.2, 0.25) is 0 Å². The summed E-state index contributed by atoms with van der Waals surface area (Å²) in [6.07, 6.45) is 11.9. The molecule has 0 amide bonds. The molecule has 1 nitrogen and oxygen atoms in total. The maximum absolute atomic E-state index is 9.13. The SMILES string of the molecule is CCCCCC=CCCc1ccc(O)cc1. The fraction of sp³-hybridized carbons (Fsp3) is 0.467. The smallest absolute Gasteiger partial charge is 0.115 e. The summed E-state index contributed by atoms with van der Waals surface area (Å²) in [7, 11) is 0. The molecule has 0 radical (unpaired) electrons. The molecule has 0 aliphatic carbocycles. The molecule has 1 aromatic rings. The van der Waals surface area contributed by atoms with Crippen LogP contribution >= 0.6 is 0 Å². The lowest BCUT2D eigenvalue weighted by atomic mass is 10.1. The summed E-state index contributed by atoms with van der Waals surface area (Å²) in [5.74, 6) is 0.346. The molecule has 16 heavy (non-hydrogen) atoms. The lowest BCUT2D eigenvalue weighted by molar-refractivity contribution is 0.475.